The van der Waals surface area contributed by atoms with Crippen molar-refractivity contribution in [2.75, 3.05) is 16.8 Å². The Hall–Kier alpha value is -1.84. The van der Waals surface area contributed by atoms with Gasteiger partial charge in [0.25, 0.3) is 0 Å². The minimum atomic E-state index is 0.0406. The number of rotatable bonds is 3. The molecule has 0 atom stereocenters. The van der Waals surface area contributed by atoms with E-state index in [9.17, 15) is 9.59 Å². The summed E-state index contributed by atoms with van der Waals surface area (Å²) in [5, 5.41) is 2.87. The summed E-state index contributed by atoms with van der Waals surface area (Å²) in [6.07, 6.45) is 2.23. The molecule has 0 aliphatic carbocycles. The molecular formula is C14H18N2O2. The largest absolute Gasteiger partial charge is 0.326 e. The van der Waals surface area contributed by atoms with Crippen LogP contribution in [0.2, 0.25) is 0 Å². The molecule has 1 aromatic rings. The first kappa shape index (κ1) is 12.6. The summed E-state index contributed by atoms with van der Waals surface area (Å²) in [5.41, 5.74) is 2.91. The van der Waals surface area contributed by atoms with Crippen molar-refractivity contribution in [1.29, 1.82) is 0 Å². The van der Waals surface area contributed by atoms with E-state index in [1.807, 2.05) is 25.1 Å². The normalized spacial score (nSPS) is 13.3. The highest BCUT2D eigenvalue weighted by molar-refractivity contribution is 5.95. The van der Waals surface area contributed by atoms with Crippen molar-refractivity contribution < 1.29 is 9.59 Å². The van der Waals surface area contributed by atoms with E-state index in [1.165, 1.54) is 0 Å². The molecule has 0 radical (unpaired) electrons. The van der Waals surface area contributed by atoms with Crippen molar-refractivity contribution in [2.45, 2.75) is 33.1 Å². The quantitative estimate of drug-likeness (QED) is 0.889. The number of hydrogen-bond acceptors (Lipinski definition) is 2. The second kappa shape index (κ2) is 5.21. The maximum absolute atomic E-state index is 11.5. The Balaban J connectivity index is 2.14. The van der Waals surface area contributed by atoms with Crippen molar-refractivity contribution >= 4 is 23.2 Å². The highest BCUT2D eigenvalue weighted by atomic mass is 16.2. The fourth-order valence-corrected chi connectivity index (χ4v) is 2.26. The number of carbonyl (C=O) groups excluding carboxylic acids is 2. The second-order valence-electron chi connectivity index (χ2n) is 4.56. The van der Waals surface area contributed by atoms with Crippen molar-refractivity contribution in [2.24, 2.45) is 0 Å². The Morgan fingerprint density at radius 3 is 2.83 bits per heavy atom. The number of anilines is 2. The van der Waals surface area contributed by atoms with Crippen molar-refractivity contribution in [3.05, 3.63) is 23.8 Å². The van der Waals surface area contributed by atoms with Gasteiger partial charge in [-0.25, -0.2) is 0 Å². The lowest BCUT2D eigenvalue weighted by Gasteiger charge is -2.15. The van der Waals surface area contributed by atoms with Crippen molar-refractivity contribution in [3.8, 4) is 0 Å². The second-order valence-corrected chi connectivity index (χ2v) is 4.56. The van der Waals surface area contributed by atoms with E-state index < -0.39 is 0 Å². The Bertz CT molecular complexity index is 483. The van der Waals surface area contributed by atoms with Crippen molar-refractivity contribution in [1.82, 2.24) is 0 Å². The number of nitrogens with one attached hydrogen (secondary N) is 1. The van der Waals surface area contributed by atoms with Gasteiger partial charge < -0.3 is 10.2 Å². The molecule has 0 saturated carbocycles. The average molecular weight is 246 g/mol. The van der Waals surface area contributed by atoms with Gasteiger partial charge in [-0.3, -0.25) is 9.59 Å². The van der Waals surface area contributed by atoms with Crippen LogP contribution in [-0.2, 0) is 16.0 Å². The first-order valence-electron chi connectivity index (χ1n) is 6.32. The van der Waals surface area contributed by atoms with E-state index in [0.717, 1.165) is 36.3 Å². The van der Waals surface area contributed by atoms with Crippen LogP contribution in [0.25, 0.3) is 0 Å². The molecule has 0 spiro atoms. The molecule has 0 fully saturated rings. The molecule has 0 unspecified atom stereocenters. The molecule has 1 heterocycles. The first-order chi connectivity index (χ1) is 8.61. The molecule has 2 amide bonds. The van der Waals surface area contributed by atoms with E-state index in [4.69, 9.17) is 0 Å². The molecule has 1 aliphatic rings. The van der Waals surface area contributed by atoms with E-state index in [0.29, 0.717) is 6.42 Å². The van der Waals surface area contributed by atoms with E-state index in [2.05, 4.69) is 5.32 Å². The molecule has 4 nitrogen and oxygen atoms in total. The Labute approximate surface area is 107 Å². The van der Waals surface area contributed by atoms with Crippen LogP contribution in [0.3, 0.4) is 0 Å². The third-order valence-corrected chi connectivity index (χ3v) is 3.12. The van der Waals surface area contributed by atoms with Gasteiger partial charge in [-0.1, -0.05) is 6.92 Å². The van der Waals surface area contributed by atoms with Crippen LogP contribution in [0.4, 0.5) is 11.4 Å². The summed E-state index contributed by atoms with van der Waals surface area (Å²) in [4.78, 5) is 24.7. The highest BCUT2D eigenvalue weighted by Gasteiger charge is 2.22. The number of carbonyl (C=O) groups is 2. The molecule has 1 N–H and O–H groups in total. The molecule has 1 aromatic carbocycles. The predicted molar refractivity (Wildman–Crippen MR) is 71.7 cm³/mol. The number of fused-ring (bicyclic) bond motifs is 1. The van der Waals surface area contributed by atoms with E-state index in [1.54, 1.807) is 11.8 Å². The smallest absolute Gasteiger partial charge is 0.224 e. The zero-order chi connectivity index (χ0) is 13.1. The maximum atomic E-state index is 11.5. The third kappa shape index (κ3) is 2.53. The van der Waals surface area contributed by atoms with Gasteiger partial charge in [0.15, 0.2) is 0 Å². The summed E-state index contributed by atoms with van der Waals surface area (Å²) in [5.74, 6) is 0.107. The monoisotopic (exact) mass is 246 g/mol. The Morgan fingerprint density at radius 2 is 2.17 bits per heavy atom. The molecule has 0 aromatic heterocycles. The van der Waals surface area contributed by atoms with Crippen LogP contribution >= 0.6 is 0 Å². The van der Waals surface area contributed by atoms with Gasteiger partial charge in [-0.2, -0.15) is 0 Å². The Morgan fingerprint density at radius 1 is 1.39 bits per heavy atom. The lowest BCUT2D eigenvalue weighted by atomic mass is 10.1. The van der Waals surface area contributed by atoms with Crippen LogP contribution in [-0.4, -0.2) is 18.4 Å². The van der Waals surface area contributed by atoms with Gasteiger partial charge in [0.05, 0.1) is 0 Å². The SMILES string of the molecule is CCCC(=O)Nc1ccc2c(c1)CCN2C(C)=O. The van der Waals surface area contributed by atoms with Gasteiger partial charge in [0.2, 0.25) is 11.8 Å². The Kier molecular flexibility index (Phi) is 3.65. The summed E-state index contributed by atoms with van der Waals surface area (Å²) in [6, 6.07) is 5.73. The van der Waals surface area contributed by atoms with E-state index >= 15 is 0 Å². The standard InChI is InChI=1S/C14H18N2O2/c1-3-4-14(18)15-12-5-6-13-11(9-12)7-8-16(13)10(2)17/h5-6,9H,3-4,7-8H2,1-2H3,(H,15,18). The fourth-order valence-electron chi connectivity index (χ4n) is 2.26. The molecule has 4 heteroatoms. The summed E-state index contributed by atoms with van der Waals surface area (Å²) < 4.78 is 0. The minimum Gasteiger partial charge on any atom is -0.326 e. The summed E-state index contributed by atoms with van der Waals surface area (Å²) in [6.45, 7) is 4.29. The minimum absolute atomic E-state index is 0.0406. The van der Waals surface area contributed by atoms with Gasteiger partial charge in [-0.15, -0.1) is 0 Å². The molecule has 0 saturated heterocycles. The van der Waals surface area contributed by atoms with Gasteiger partial charge in [0, 0.05) is 31.3 Å². The molecule has 0 bridgehead atoms. The zero-order valence-corrected chi connectivity index (χ0v) is 10.8. The summed E-state index contributed by atoms with van der Waals surface area (Å²) in [7, 11) is 0. The maximum Gasteiger partial charge on any atom is 0.224 e. The molecule has 96 valence electrons. The van der Waals surface area contributed by atoms with Crippen LogP contribution in [0, 0.1) is 0 Å². The number of benzene rings is 1. The molecule has 18 heavy (non-hydrogen) atoms. The van der Waals surface area contributed by atoms with Gasteiger partial charge in [0.1, 0.15) is 0 Å². The van der Waals surface area contributed by atoms with Gasteiger partial charge >= 0.3 is 0 Å². The number of hydrogen-bond donors (Lipinski definition) is 1. The number of nitrogens with zero attached hydrogens (tertiary/aromatic N) is 1. The first-order valence-corrected chi connectivity index (χ1v) is 6.32. The van der Waals surface area contributed by atoms with Crippen LogP contribution in [0.1, 0.15) is 32.3 Å². The molecular weight excluding hydrogens is 228 g/mol. The molecule has 1 aliphatic heterocycles. The third-order valence-electron chi connectivity index (χ3n) is 3.12. The zero-order valence-electron chi connectivity index (χ0n) is 10.8. The average Bonchev–Trinajstić information content (AvgIpc) is 2.72. The molecule has 2 rings (SSSR count). The van der Waals surface area contributed by atoms with E-state index in [-0.39, 0.29) is 11.8 Å². The van der Waals surface area contributed by atoms with Crippen LogP contribution < -0.4 is 10.2 Å². The van der Waals surface area contributed by atoms with Crippen LogP contribution in [0.15, 0.2) is 18.2 Å². The number of amides is 2. The lowest BCUT2D eigenvalue weighted by molar-refractivity contribution is -0.117. The van der Waals surface area contributed by atoms with Gasteiger partial charge in [-0.05, 0) is 36.6 Å². The van der Waals surface area contributed by atoms with Crippen molar-refractivity contribution in [3.63, 3.8) is 0 Å². The lowest BCUT2D eigenvalue weighted by Crippen LogP contribution is -2.25. The predicted octanol–water partition coefficient (Wildman–Crippen LogP) is 2.33. The highest BCUT2D eigenvalue weighted by Crippen LogP contribution is 2.30. The topological polar surface area (TPSA) is 49.4 Å². The van der Waals surface area contributed by atoms with Crippen LogP contribution in [0.5, 0.6) is 0 Å². The summed E-state index contributed by atoms with van der Waals surface area (Å²) >= 11 is 0. The fraction of sp³-hybridized carbons (Fsp3) is 0.429.